The van der Waals surface area contributed by atoms with Gasteiger partial charge in [-0.3, -0.25) is 9.48 Å². The molecule has 4 aromatic rings. The van der Waals surface area contributed by atoms with Crippen LogP contribution in [0, 0.1) is 0 Å². The summed E-state index contributed by atoms with van der Waals surface area (Å²) in [7, 11) is 0. The molecule has 0 saturated heterocycles. The first-order valence-corrected chi connectivity index (χ1v) is 9.65. The van der Waals surface area contributed by atoms with E-state index in [2.05, 4.69) is 56.7 Å². The maximum absolute atomic E-state index is 12.3. The average molecular weight is 436 g/mol. The second-order valence-electron chi connectivity index (χ2n) is 6.38. The Labute approximate surface area is 171 Å². The summed E-state index contributed by atoms with van der Waals surface area (Å²) in [5, 5.41) is 7.19. The Morgan fingerprint density at radius 2 is 1.93 bits per heavy atom. The number of amides is 1. The van der Waals surface area contributed by atoms with Crippen molar-refractivity contribution in [3.05, 3.63) is 101 Å². The van der Waals surface area contributed by atoms with Gasteiger partial charge in [0.1, 0.15) is 6.26 Å². The molecule has 5 nitrogen and oxygen atoms in total. The molecule has 28 heavy (non-hydrogen) atoms. The van der Waals surface area contributed by atoms with Crippen LogP contribution in [-0.2, 0) is 13.1 Å². The van der Waals surface area contributed by atoms with Crippen LogP contribution in [0.2, 0.25) is 0 Å². The van der Waals surface area contributed by atoms with Crippen molar-refractivity contribution in [2.24, 2.45) is 0 Å². The van der Waals surface area contributed by atoms with Gasteiger partial charge in [0.05, 0.1) is 12.1 Å². The third-order valence-electron chi connectivity index (χ3n) is 4.46. The van der Waals surface area contributed by atoms with Crippen molar-refractivity contribution < 1.29 is 9.21 Å². The van der Waals surface area contributed by atoms with E-state index < -0.39 is 0 Å². The molecule has 0 aliphatic rings. The van der Waals surface area contributed by atoms with Crippen LogP contribution in [0.4, 0.5) is 0 Å². The van der Waals surface area contributed by atoms with Crippen LogP contribution in [0.3, 0.4) is 0 Å². The third kappa shape index (κ3) is 4.23. The first kappa shape index (κ1) is 18.3. The molecule has 0 unspecified atom stereocenters. The van der Waals surface area contributed by atoms with Gasteiger partial charge in [-0.15, -0.1) is 0 Å². The molecule has 4 rings (SSSR count). The molecule has 1 amide bonds. The third-order valence-corrected chi connectivity index (χ3v) is 4.87. The highest BCUT2D eigenvalue weighted by atomic mass is 79.9. The fourth-order valence-electron chi connectivity index (χ4n) is 3.03. The summed E-state index contributed by atoms with van der Waals surface area (Å²) in [4.78, 5) is 12.3. The van der Waals surface area contributed by atoms with Gasteiger partial charge in [-0.05, 0) is 44.3 Å². The highest BCUT2D eigenvalue weighted by Crippen LogP contribution is 2.24. The van der Waals surface area contributed by atoms with Gasteiger partial charge in [0, 0.05) is 25.0 Å². The van der Waals surface area contributed by atoms with Crippen molar-refractivity contribution in [1.29, 1.82) is 0 Å². The number of nitrogens with one attached hydrogen (secondary N) is 1. The minimum atomic E-state index is -0.168. The molecule has 0 aliphatic heterocycles. The van der Waals surface area contributed by atoms with Crippen LogP contribution in [0.5, 0.6) is 0 Å². The van der Waals surface area contributed by atoms with Gasteiger partial charge in [0.15, 0.2) is 4.67 Å². The Bertz CT molecular complexity index is 1070. The summed E-state index contributed by atoms with van der Waals surface area (Å²) in [5.74, 6) is -0.168. The molecular formula is C22H18BrN3O2. The normalized spacial score (nSPS) is 10.8. The van der Waals surface area contributed by atoms with E-state index in [1.165, 1.54) is 11.8 Å². The van der Waals surface area contributed by atoms with E-state index >= 15 is 0 Å². The number of hydrogen-bond acceptors (Lipinski definition) is 3. The highest BCUT2D eigenvalue weighted by molar-refractivity contribution is 9.10. The maximum Gasteiger partial charge on any atom is 0.254 e. The van der Waals surface area contributed by atoms with Gasteiger partial charge in [0.25, 0.3) is 5.91 Å². The van der Waals surface area contributed by atoms with Gasteiger partial charge in [-0.25, -0.2) is 0 Å². The van der Waals surface area contributed by atoms with Crippen LogP contribution in [0.25, 0.3) is 11.1 Å². The van der Waals surface area contributed by atoms with E-state index in [-0.39, 0.29) is 5.91 Å². The van der Waals surface area contributed by atoms with Crippen LogP contribution in [-0.4, -0.2) is 15.7 Å². The second kappa shape index (κ2) is 8.27. The topological polar surface area (TPSA) is 60.1 Å². The number of aromatic nitrogens is 2. The number of nitrogens with zero attached hydrogens (tertiary/aromatic N) is 2. The number of rotatable bonds is 6. The smallest absolute Gasteiger partial charge is 0.254 e. The molecule has 2 heterocycles. The van der Waals surface area contributed by atoms with Crippen LogP contribution < -0.4 is 5.32 Å². The van der Waals surface area contributed by atoms with Crippen molar-refractivity contribution in [2.45, 2.75) is 13.1 Å². The first-order valence-electron chi connectivity index (χ1n) is 8.86. The maximum atomic E-state index is 12.3. The molecule has 0 aliphatic carbocycles. The van der Waals surface area contributed by atoms with Crippen molar-refractivity contribution in [3.63, 3.8) is 0 Å². The Kier molecular flexibility index (Phi) is 5.39. The van der Waals surface area contributed by atoms with Crippen molar-refractivity contribution in [1.82, 2.24) is 15.1 Å². The van der Waals surface area contributed by atoms with Crippen LogP contribution >= 0.6 is 15.9 Å². The molecule has 0 bridgehead atoms. The summed E-state index contributed by atoms with van der Waals surface area (Å²) in [5.41, 5.74) is 4.94. The Morgan fingerprint density at radius 1 is 1.11 bits per heavy atom. The highest BCUT2D eigenvalue weighted by Gasteiger charge is 2.11. The zero-order valence-electron chi connectivity index (χ0n) is 15.0. The fourth-order valence-corrected chi connectivity index (χ4v) is 3.37. The Morgan fingerprint density at radius 3 is 2.64 bits per heavy atom. The number of furan rings is 1. The van der Waals surface area contributed by atoms with Gasteiger partial charge >= 0.3 is 0 Å². The molecule has 0 saturated carbocycles. The Hall–Kier alpha value is -3.12. The molecule has 0 spiro atoms. The SMILES string of the molecule is O=C(NCc1ccccc1-c1ccc(Cn2cccn2)cc1)c1coc(Br)c1. The summed E-state index contributed by atoms with van der Waals surface area (Å²) < 4.78 is 7.56. The second-order valence-corrected chi connectivity index (χ2v) is 7.16. The van der Waals surface area contributed by atoms with E-state index in [9.17, 15) is 4.79 Å². The van der Waals surface area contributed by atoms with E-state index in [0.29, 0.717) is 16.8 Å². The predicted octanol–water partition coefficient (Wildman–Crippen LogP) is 4.88. The number of halogens is 1. The predicted molar refractivity (Wildman–Crippen MR) is 111 cm³/mol. The molecular weight excluding hydrogens is 418 g/mol. The molecule has 140 valence electrons. The van der Waals surface area contributed by atoms with Crippen molar-refractivity contribution in [3.8, 4) is 11.1 Å². The zero-order valence-corrected chi connectivity index (χ0v) is 16.6. The minimum Gasteiger partial charge on any atom is -0.457 e. The molecule has 0 radical (unpaired) electrons. The molecule has 0 fully saturated rings. The molecule has 2 aromatic heterocycles. The van der Waals surface area contributed by atoms with E-state index in [1.54, 1.807) is 12.3 Å². The van der Waals surface area contributed by atoms with Crippen LogP contribution in [0.15, 0.2) is 88.4 Å². The van der Waals surface area contributed by atoms with Crippen LogP contribution in [0.1, 0.15) is 21.5 Å². The number of hydrogen-bond donors (Lipinski definition) is 1. The van der Waals surface area contributed by atoms with Gasteiger partial charge < -0.3 is 9.73 Å². The first-order chi connectivity index (χ1) is 13.7. The number of carbonyl (C=O) groups excluding carboxylic acids is 1. The number of carbonyl (C=O) groups is 1. The lowest BCUT2D eigenvalue weighted by Crippen LogP contribution is -2.22. The zero-order chi connectivity index (χ0) is 19.3. The summed E-state index contributed by atoms with van der Waals surface area (Å²) in [6.45, 7) is 1.18. The molecule has 1 N–H and O–H groups in total. The molecule has 6 heteroatoms. The molecule has 0 atom stereocenters. The summed E-state index contributed by atoms with van der Waals surface area (Å²) >= 11 is 3.21. The summed E-state index contributed by atoms with van der Waals surface area (Å²) in [6, 6.07) is 20.1. The van der Waals surface area contributed by atoms with Gasteiger partial charge in [-0.1, -0.05) is 48.5 Å². The van der Waals surface area contributed by atoms with Gasteiger partial charge in [-0.2, -0.15) is 5.10 Å². The van der Waals surface area contributed by atoms with E-state index in [1.807, 2.05) is 35.1 Å². The monoisotopic (exact) mass is 435 g/mol. The lowest BCUT2D eigenvalue weighted by atomic mass is 9.98. The standard InChI is InChI=1S/C22H18BrN3O2/c23-21-12-19(15-28-21)22(27)24-13-18-4-1-2-5-20(18)17-8-6-16(7-9-17)14-26-11-3-10-25-26/h1-12,15H,13-14H2,(H,24,27). The number of benzene rings is 2. The average Bonchev–Trinajstić information content (AvgIpc) is 3.39. The van der Waals surface area contributed by atoms with E-state index in [4.69, 9.17) is 4.42 Å². The fraction of sp³-hybridized carbons (Fsp3) is 0.0909. The molecule has 2 aromatic carbocycles. The largest absolute Gasteiger partial charge is 0.457 e. The quantitative estimate of drug-likeness (QED) is 0.469. The van der Waals surface area contributed by atoms with Crippen molar-refractivity contribution >= 4 is 21.8 Å². The Balaban J connectivity index is 1.48. The summed E-state index contributed by atoms with van der Waals surface area (Å²) in [6.07, 6.45) is 5.16. The van der Waals surface area contributed by atoms with Crippen molar-refractivity contribution in [2.75, 3.05) is 0 Å². The minimum absolute atomic E-state index is 0.168. The lowest BCUT2D eigenvalue weighted by molar-refractivity contribution is 0.0950. The van der Waals surface area contributed by atoms with E-state index in [0.717, 1.165) is 23.2 Å². The van der Waals surface area contributed by atoms with Gasteiger partial charge in [0.2, 0.25) is 0 Å². The lowest BCUT2D eigenvalue weighted by Gasteiger charge is -2.11.